The SMILES string of the molecule is CC(=O)Nc1ccc(OCCC(OC(=O)N(C)C(C)(C)C)c2ccc(OC(=O)N(C)C)cc2)cc1. The topological polar surface area (TPSA) is 97.4 Å². The lowest BCUT2D eigenvalue weighted by Crippen LogP contribution is -2.43. The van der Waals surface area contributed by atoms with Crippen molar-refractivity contribution in [3.05, 3.63) is 54.1 Å². The van der Waals surface area contributed by atoms with Crippen molar-refractivity contribution in [3.63, 3.8) is 0 Å². The van der Waals surface area contributed by atoms with E-state index in [4.69, 9.17) is 14.2 Å². The second-order valence-corrected chi connectivity index (χ2v) is 9.28. The molecule has 0 radical (unpaired) electrons. The first-order chi connectivity index (χ1) is 16.4. The van der Waals surface area contributed by atoms with E-state index in [1.807, 2.05) is 20.8 Å². The number of nitrogens with zero attached hydrogens (tertiary/aromatic N) is 2. The fraction of sp³-hybridized carbons (Fsp3) is 0.423. The van der Waals surface area contributed by atoms with Gasteiger partial charge in [0, 0.05) is 45.7 Å². The van der Waals surface area contributed by atoms with Gasteiger partial charge < -0.3 is 29.3 Å². The summed E-state index contributed by atoms with van der Waals surface area (Å²) in [6, 6.07) is 13.9. The van der Waals surface area contributed by atoms with Crippen LogP contribution in [-0.4, -0.2) is 61.2 Å². The molecule has 0 heterocycles. The fourth-order valence-corrected chi connectivity index (χ4v) is 2.83. The Morgan fingerprint density at radius 2 is 1.46 bits per heavy atom. The highest BCUT2D eigenvalue weighted by atomic mass is 16.6. The third kappa shape index (κ3) is 8.84. The molecule has 9 heteroatoms. The Kier molecular flexibility index (Phi) is 9.50. The van der Waals surface area contributed by atoms with E-state index in [1.54, 1.807) is 69.7 Å². The fourth-order valence-electron chi connectivity index (χ4n) is 2.83. The van der Waals surface area contributed by atoms with Crippen LogP contribution in [0.4, 0.5) is 15.3 Å². The molecule has 0 aliphatic rings. The van der Waals surface area contributed by atoms with Crippen LogP contribution in [-0.2, 0) is 9.53 Å². The van der Waals surface area contributed by atoms with Crippen LogP contribution in [0.1, 0.15) is 45.8 Å². The van der Waals surface area contributed by atoms with E-state index < -0.39 is 23.8 Å². The zero-order valence-electron chi connectivity index (χ0n) is 21.5. The Bertz CT molecular complexity index is 997. The predicted molar refractivity (Wildman–Crippen MR) is 134 cm³/mol. The van der Waals surface area contributed by atoms with E-state index >= 15 is 0 Å². The number of nitrogens with one attached hydrogen (secondary N) is 1. The molecule has 2 rings (SSSR count). The van der Waals surface area contributed by atoms with Crippen LogP contribution in [0.15, 0.2) is 48.5 Å². The lowest BCUT2D eigenvalue weighted by molar-refractivity contribution is -0.114. The van der Waals surface area contributed by atoms with Crippen LogP contribution in [0.3, 0.4) is 0 Å². The molecular weight excluding hydrogens is 450 g/mol. The van der Waals surface area contributed by atoms with E-state index in [0.717, 1.165) is 5.56 Å². The van der Waals surface area contributed by atoms with Crippen LogP contribution in [0.5, 0.6) is 11.5 Å². The molecule has 0 bridgehead atoms. The summed E-state index contributed by atoms with van der Waals surface area (Å²) in [5, 5.41) is 2.70. The molecule has 35 heavy (non-hydrogen) atoms. The van der Waals surface area contributed by atoms with Gasteiger partial charge in [0.05, 0.1) is 6.61 Å². The Morgan fingerprint density at radius 1 is 0.886 bits per heavy atom. The highest BCUT2D eigenvalue weighted by Gasteiger charge is 2.27. The van der Waals surface area contributed by atoms with Crippen molar-refractivity contribution in [2.45, 2.75) is 45.8 Å². The average Bonchev–Trinajstić information content (AvgIpc) is 2.78. The summed E-state index contributed by atoms with van der Waals surface area (Å²) in [4.78, 5) is 38.6. The van der Waals surface area contributed by atoms with Crippen molar-refractivity contribution in [2.75, 3.05) is 33.1 Å². The Balaban J connectivity index is 2.10. The maximum absolute atomic E-state index is 12.8. The van der Waals surface area contributed by atoms with Crippen molar-refractivity contribution in [1.82, 2.24) is 9.80 Å². The number of hydrogen-bond acceptors (Lipinski definition) is 6. The largest absolute Gasteiger partial charge is 0.493 e. The molecule has 2 aromatic rings. The van der Waals surface area contributed by atoms with Crippen molar-refractivity contribution >= 4 is 23.8 Å². The van der Waals surface area contributed by atoms with Gasteiger partial charge in [-0.15, -0.1) is 0 Å². The normalized spacial score (nSPS) is 11.7. The van der Waals surface area contributed by atoms with Crippen LogP contribution in [0.25, 0.3) is 0 Å². The first-order valence-electron chi connectivity index (χ1n) is 11.3. The van der Waals surface area contributed by atoms with Crippen molar-refractivity contribution in [2.24, 2.45) is 0 Å². The zero-order valence-corrected chi connectivity index (χ0v) is 21.5. The summed E-state index contributed by atoms with van der Waals surface area (Å²) in [5.74, 6) is 0.868. The van der Waals surface area contributed by atoms with Crippen molar-refractivity contribution in [1.29, 1.82) is 0 Å². The molecule has 0 aromatic heterocycles. The Labute approximate surface area is 206 Å². The highest BCUT2D eigenvalue weighted by Crippen LogP contribution is 2.27. The second kappa shape index (κ2) is 12.1. The first-order valence-corrected chi connectivity index (χ1v) is 11.3. The number of amides is 3. The minimum atomic E-state index is -0.579. The van der Waals surface area contributed by atoms with Crippen LogP contribution in [0.2, 0.25) is 0 Å². The van der Waals surface area contributed by atoms with E-state index in [1.165, 1.54) is 16.7 Å². The van der Waals surface area contributed by atoms with Crippen LogP contribution >= 0.6 is 0 Å². The summed E-state index contributed by atoms with van der Waals surface area (Å²) in [5.41, 5.74) is 1.02. The van der Waals surface area contributed by atoms with Gasteiger partial charge in [0.15, 0.2) is 0 Å². The van der Waals surface area contributed by atoms with Gasteiger partial charge in [-0.05, 0) is 62.7 Å². The van der Waals surface area contributed by atoms with E-state index in [-0.39, 0.29) is 12.5 Å². The van der Waals surface area contributed by atoms with Gasteiger partial charge >= 0.3 is 12.2 Å². The monoisotopic (exact) mass is 485 g/mol. The number of carbonyl (C=O) groups excluding carboxylic acids is 3. The number of anilines is 1. The standard InChI is InChI=1S/C26H35N3O6/c1-18(30)27-20-10-14-21(15-11-20)33-17-16-23(35-25(32)29(7)26(2,3)4)19-8-12-22(13-9-19)34-24(31)28(5)6/h8-15,23H,16-17H2,1-7H3,(H,27,30). The van der Waals surface area contributed by atoms with E-state index in [9.17, 15) is 14.4 Å². The van der Waals surface area contributed by atoms with Gasteiger partial charge in [0.2, 0.25) is 5.91 Å². The molecule has 1 unspecified atom stereocenters. The third-order valence-corrected chi connectivity index (χ3v) is 5.17. The number of ether oxygens (including phenoxy) is 3. The number of carbonyl (C=O) groups is 3. The summed E-state index contributed by atoms with van der Waals surface area (Å²) in [6.45, 7) is 7.50. The summed E-state index contributed by atoms with van der Waals surface area (Å²) >= 11 is 0. The number of rotatable bonds is 8. The van der Waals surface area contributed by atoms with Crippen LogP contribution < -0.4 is 14.8 Å². The molecule has 0 fully saturated rings. The van der Waals surface area contributed by atoms with Gasteiger partial charge in [-0.2, -0.15) is 0 Å². The number of hydrogen-bond donors (Lipinski definition) is 1. The second-order valence-electron chi connectivity index (χ2n) is 9.28. The molecule has 190 valence electrons. The van der Waals surface area contributed by atoms with Gasteiger partial charge in [0.25, 0.3) is 0 Å². The maximum Gasteiger partial charge on any atom is 0.414 e. The molecule has 0 aliphatic carbocycles. The summed E-state index contributed by atoms with van der Waals surface area (Å²) < 4.78 is 16.9. The quantitative estimate of drug-likeness (QED) is 0.560. The first kappa shape index (κ1) is 27.5. The average molecular weight is 486 g/mol. The van der Waals surface area contributed by atoms with Gasteiger partial charge in [-0.3, -0.25) is 4.79 Å². The molecule has 3 amide bonds. The lowest BCUT2D eigenvalue weighted by atomic mass is 10.1. The van der Waals surface area contributed by atoms with Gasteiger partial charge in [0.1, 0.15) is 17.6 Å². The number of benzene rings is 2. The summed E-state index contributed by atoms with van der Waals surface area (Å²) in [7, 11) is 4.90. The minimum Gasteiger partial charge on any atom is -0.493 e. The maximum atomic E-state index is 12.8. The molecule has 0 saturated carbocycles. The minimum absolute atomic E-state index is 0.147. The molecule has 2 aromatic carbocycles. The van der Waals surface area contributed by atoms with E-state index in [2.05, 4.69) is 5.32 Å². The molecule has 1 N–H and O–H groups in total. The highest BCUT2D eigenvalue weighted by molar-refractivity contribution is 5.88. The molecule has 0 aliphatic heterocycles. The van der Waals surface area contributed by atoms with Gasteiger partial charge in [-0.25, -0.2) is 9.59 Å². The molecular formula is C26H35N3O6. The van der Waals surface area contributed by atoms with Crippen molar-refractivity contribution in [3.8, 4) is 11.5 Å². The lowest BCUT2D eigenvalue weighted by Gasteiger charge is -2.32. The van der Waals surface area contributed by atoms with Crippen molar-refractivity contribution < 1.29 is 28.6 Å². The zero-order chi connectivity index (χ0) is 26.2. The molecule has 0 spiro atoms. The molecule has 9 nitrogen and oxygen atoms in total. The van der Waals surface area contributed by atoms with Gasteiger partial charge in [-0.1, -0.05) is 12.1 Å². The Morgan fingerprint density at radius 3 is 1.97 bits per heavy atom. The molecule has 0 saturated heterocycles. The van der Waals surface area contributed by atoms with E-state index in [0.29, 0.717) is 23.6 Å². The Hall–Kier alpha value is -3.75. The molecule has 1 atom stereocenters. The van der Waals surface area contributed by atoms with Crippen LogP contribution in [0, 0.1) is 0 Å². The summed E-state index contributed by atoms with van der Waals surface area (Å²) in [6.07, 6.45) is -1.12. The smallest absolute Gasteiger partial charge is 0.414 e. The third-order valence-electron chi connectivity index (χ3n) is 5.17. The predicted octanol–water partition coefficient (Wildman–Crippen LogP) is 5.08.